The van der Waals surface area contributed by atoms with Crippen LogP contribution in [0.15, 0.2) is 36.0 Å². The molecule has 2 aromatic heterocycles. The van der Waals surface area contributed by atoms with E-state index in [1.54, 1.807) is 17.7 Å². The number of fused-ring (bicyclic) bond motifs is 2. The average molecular weight is 355 g/mol. The van der Waals surface area contributed by atoms with E-state index in [1.807, 2.05) is 11.4 Å². The Kier molecular flexibility index (Phi) is 4.44. The van der Waals surface area contributed by atoms with E-state index in [0.29, 0.717) is 19.1 Å². The Balaban J connectivity index is 1.68. The summed E-state index contributed by atoms with van der Waals surface area (Å²) in [6, 6.07) is 8.39. The van der Waals surface area contributed by atoms with E-state index in [2.05, 4.69) is 47.3 Å². The molecule has 3 aromatic rings. The number of hydrogen-bond acceptors (Lipinski definition) is 6. The Bertz CT molecular complexity index is 878. The Morgan fingerprint density at radius 3 is 2.76 bits per heavy atom. The van der Waals surface area contributed by atoms with Crippen LogP contribution in [0.3, 0.4) is 0 Å². The molecule has 1 atom stereocenters. The van der Waals surface area contributed by atoms with Crippen LogP contribution in [0.25, 0.3) is 10.2 Å². The van der Waals surface area contributed by atoms with Gasteiger partial charge in [0.1, 0.15) is 17.0 Å². The largest absolute Gasteiger partial charge is 0.490 e. The van der Waals surface area contributed by atoms with Crippen LogP contribution >= 0.6 is 11.3 Å². The summed E-state index contributed by atoms with van der Waals surface area (Å²) < 4.78 is 11.6. The number of thiophene rings is 1. The second-order valence-corrected chi connectivity index (χ2v) is 7.38. The van der Waals surface area contributed by atoms with Gasteiger partial charge in [-0.3, -0.25) is 0 Å². The van der Waals surface area contributed by atoms with Crippen molar-refractivity contribution in [3.8, 4) is 11.5 Å². The molecule has 1 aliphatic heterocycles. The third kappa shape index (κ3) is 3.26. The number of benzene rings is 1. The van der Waals surface area contributed by atoms with Gasteiger partial charge in [0.25, 0.3) is 0 Å². The summed E-state index contributed by atoms with van der Waals surface area (Å²) in [6.45, 7) is 5.80. The predicted molar refractivity (Wildman–Crippen MR) is 101 cm³/mol. The Hall–Kier alpha value is -2.34. The van der Waals surface area contributed by atoms with Crippen LogP contribution < -0.4 is 14.8 Å². The fourth-order valence-corrected chi connectivity index (χ4v) is 3.79. The summed E-state index contributed by atoms with van der Waals surface area (Å²) in [5.41, 5.74) is 1.17. The standard InChI is InChI=1S/C19H21N3O2S/c1-12(2)17(22-18-14-6-9-25-19(14)21-11-20-18)13-4-5-15-16(10-13)24-8-3-7-23-15/h4-6,9-12,17H,3,7-8H2,1-2H3,(H,20,21,22)/t17-/m1/s1. The third-order valence-electron chi connectivity index (χ3n) is 4.35. The van der Waals surface area contributed by atoms with Gasteiger partial charge in [-0.15, -0.1) is 11.3 Å². The Morgan fingerprint density at radius 2 is 1.92 bits per heavy atom. The summed E-state index contributed by atoms with van der Waals surface area (Å²) in [4.78, 5) is 9.78. The van der Waals surface area contributed by atoms with Crippen molar-refractivity contribution in [3.05, 3.63) is 41.5 Å². The summed E-state index contributed by atoms with van der Waals surface area (Å²) >= 11 is 1.63. The van der Waals surface area contributed by atoms with Gasteiger partial charge < -0.3 is 14.8 Å². The van der Waals surface area contributed by atoms with Gasteiger partial charge in [0.05, 0.1) is 24.6 Å². The number of ether oxygens (including phenoxy) is 2. The Labute approximate surface area is 151 Å². The fraction of sp³-hybridized carbons (Fsp3) is 0.368. The van der Waals surface area contributed by atoms with Gasteiger partial charge in [-0.25, -0.2) is 9.97 Å². The molecule has 4 rings (SSSR count). The second-order valence-electron chi connectivity index (χ2n) is 6.48. The van der Waals surface area contributed by atoms with Crippen molar-refractivity contribution < 1.29 is 9.47 Å². The number of anilines is 1. The molecule has 3 heterocycles. The number of hydrogen-bond donors (Lipinski definition) is 1. The number of nitrogens with one attached hydrogen (secondary N) is 1. The fourth-order valence-electron chi connectivity index (χ4n) is 3.06. The van der Waals surface area contributed by atoms with Crippen molar-refractivity contribution in [3.63, 3.8) is 0 Å². The van der Waals surface area contributed by atoms with E-state index < -0.39 is 0 Å². The molecule has 25 heavy (non-hydrogen) atoms. The third-order valence-corrected chi connectivity index (χ3v) is 5.17. The lowest BCUT2D eigenvalue weighted by atomic mass is 9.95. The van der Waals surface area contributed by atoms with Crippen molar-refractivity contribution >= 4 is 27.4 Å². The molecule has 0 aliphatic carbocycles. The van der Waals surface area contributed by atoms with Crippen LogP contribution in [0.5, 0.6) is 11.5 Å². The smallest absolute Gasteiger partial charge is 0.161 e. The van der Waals surface area contributed by atoms with Crippen molar-refractivity contribution in [2.45, 2.75) is 26.3 Å². The highest BCUT2D eigenvalue weighted by molar-refractivity contribution is 7.16. The average Bonchev–Trinajstić information content (AvgIpc) is 2.97. The molecule has 0 fully saturated rings. The second kappa shape index (κ2) is 6.88. The van der Waals surface area contributed by atoms with Crippen LogP contribution in [0.4, 0.5) is 5.82 Å². The zero-order valence-corrected chi connectivity index (χ0v) is 15.2. The van der Waals surface area contributed by atoms with E-state index >= 15 is 0 Å². The highest BCUT2D eigenvalue weighted by Gasteiger charge is 2.20. The molecule has 0 saturated carbocycles. The molecule has 5 nitrogen and oxygen atoms in total. The summed E-state index contributed by atoms with van der Waals surface area (Å²) in [5.74, 6) is 2.90. The zero-order chi connectivity index (χ0) is 17.2. The van der Waals surface area contributed by atoms with Gasteiger partial charge in [-0.2, -0.15) is 0 Å². The molecule has 1 aliphatic rings. The highest BCUT2D eigenvalue weighted by Crippen LogP contribution is 2.36. The molecule has 0 bridgehead atoms. The monoisotopic (exact) mass is 355 g/mol. The molecule has 130 valence electrons. The van der Waals surface area contributed by atoms with Gasteiger partial charge in [0.15, 0.2) is 11.5 Å². The molecule has 0 amide bonds. The van der Waals surface area contributed by atoms with E-state index in [0.717, 1.165) is 34.0 Å². The molecular formula is C19H21N3O2S. The van der Waals surface area contributed by atoms with Gasteiger partial charge in [0, 0.05) is 6.42 Å². The normalized spacial score (nSPS) is 15.2. The quantitative estimate of drug-likeness (QED) is 0.737. The van der Waals surface area contributed by atoms with Crippen molar-refractivity contribution in [2.24, 2.45) is 5.92 Å². The van der Waals surface area contributed by atoms with Crippen LogP contribution in [-0.4, -0.2) is 23.2 Å². The minimum Gasteiger partial charge on any atom is -0.490 e. The first kappa shape index (κ1) is 16.1. The van der Waals surface area contributed by atoms with Gasteiger partial charge in [-0.05, 0) is 35.1 Å². The van der Waals surface area contributed by atoms with Gasteiger partial charge >= 0.3 is 0 Å². The lowest BCUT2D eigenvalue weighted by Gasteiger charge is -2.24. The maximum atomic E-state index is 5.85. The summed E-state index contributed by atoms with van der Waals surface area (Å²) in [5, 5.41) is 6.71. The molecule has 0 saturated heterocycles. The summed E-state index contributed by atoms with van der Waals surface area (Å²) in [6.07, 6.45) is 2.53. The Morgan fingerprint density at radius 1 is 1.08 bits per heavy atom. The van der Waals surface area contributed by atoms with Crippen LogP contribution in [0, 0.1) is 5.92 Å². The lowest BCUT2D eigenvalue weighted by molar-refractivity contribution is 0.297. The van der Waals surface area contributed by atoms with E-state index in [4.69, 9.17) is 9.47 Å². The molecule has 6 heteroatoms. The first-order valence-electron chi connectivity index (χ1n) is 8.56. The van der Waals surface area contributed by atoms with Crippen LogP contribution in [0.1, 0.15) is 31.9 Å². The predicted octanol–water partition coefficient (Wildman–Crippen LogP) is 4.66. The molecule has 1 aromatic carbocycles. The zero-order valence-electron chi connectivity index (χ0n) is 14.4. The lowest BCUT2D eigenvalue weighted by Crippen LogP contribution is -2.18. The topological polar surface area (TPSA) is 56.3 Å². The molecule has 0 unspecified atom stereocenters. The number of rotatable bonds is 4. The number of nitrogens with zero attached hydrogens (tertiary/aromatic N) is 2. The van der Waals surface area contributed by atoms with E-state index in [1.165, 1.54) is 5.56 Å². The maximum Gasteiger partial charge on any atom is 0.161 e. The highest BCUT2D eigenvalue weighted by atomic mass is 32.1. The van der Waals surface area contributed by atoms with Crippen LogP contribution in [0.2, 0.25) is 0 Å². The molecule has 0 spiro atoms. The maximum absolute atomic E-state index is 5.85. The minimum atomic E-state index is 0.121. The van der Waals surface area contributed by atoms with E-state index in [9.17, 15) is 0 Å². The van der Waals surface area contributed by atoms with Crippen molar-refractivity contribution in [1.82, 2.24) is 9.97 Å². The SMILES string of the molecule is CC(C)[C@@H](Nc1ncnc2sccc12)c1ccc2c(c1)OCCCO2. The molecule has 1 N–H and O–H groups in total. The van der Waals surface area contributed by atoms with Gasteiger partial charge in [-0.1, -0.05) is 19.9 Å². The number of aromatic nitrogens is 2. The molecular weight excluding hydrogens is 334 g/mol. The summed E-state index contributed by atoms with van der Waals surface area (Å²) in [7, 11) is 0. The molecule has 0 radical (unpaired) electrons. The van der Waals surface area contributed by atoms with Gasteiger partial charge in [0.2, 0.25) is 0 Å². The van der Waals surface area contributed by atoms with Crippen LogP contribution in [-0.2, 0) is 0 Å². The minimum absolute atomic E-state index is 0.121. The first-order valence-corrected chi connectivity index (χ1v) is 9.44. The van der Waals surface area contributed by atoms with Crippen molar-refractivity contribution in [2.75, 3.05) is 18.5 Å². The van der Waals surface area contributed by atoms with Crippen molar-refractivity contribution in [1.29, 1.82) is 0 Å². The van der Waals surface area contributed by atoms with E-state index in [-0.39, 0.29) is 6.04 Å². The first-order chi connectivity index (χ1) is 12.2.